The fourth-order valence-electron chi connectivity index (χ4n) is 1.72. The van der Waals surface area contributed by atoms with Gasteiger partial charge >= 0.3 is 0 Å². The van der Waals surface area contributed by atoms with Gasteiger partial charge in [0.25, 0.3) is 0 Å². The fourth-order valence-corrected chi connectivity index (χ4v) is 1.72. The van der Waals surface area contributed by atoms with Gasteiger partial charge in [-0.25, -0.2) is 0 Å². The van der Waals surface area contributed by atoms with Crippen LogP contribution in [0.4, 0.5) is 0 Å². The van der Waals surface area contributed by atoms with E-state index < -0.39 is 0 Å². The molecule has 1 atom stereocenters. The first-order valence-corrected chi connectivity index (χ1v) is 4.59. The molecule has 12 heavy (non-hydrogen) atoms. The maximum atomic E-state index is 5.53. The maximum Gasteiger partial charge on any atom is 0.144 e. The van der Waals surface area contributed by atoms with Gasteiger partial charge in [0.05, 0.1) is 13.2 Å². The first kappa shape index (κ1) is 9.96. The van der Waals surface area contributed by atoms with Crippen LogP contribution >= 0.6 is 0 Å². The van der Waals surface area contributed by atoms with Crippen LogP contribution in [0.25, 0.3) is 0 Å². The number of ether oxygens (including phenoxy) is 2. The average Bonchev–Trinajstić information content (AvgIpc) is 2.10. The van der Waals surface area contributed by atoms with Crippen LogP contribution in [-0.4, -0.2) is 44.5 Å². The summed E-state index contributed by atoms with van der Waals surface area (Å²) in [5.41, 5.74) is -0.160. The summed E-state index contributed by atoms with van der Waals surface area (Å²) in [6.07, 6.45) is 2.17. The van der Waals surface area contributed by atoms with Gasteiger partial charge in [0, 0.05) is 13.7 Å². The molecule has 1 rings (SSSR count). The van der Waals surface area contributed by atoms with Crippen LogP contribution < -0.4 is 0 Å². The second-order valence-corrected chi connectivity index (χ2v) is 3.37. The van der Waals surface area contributed by atoms with Crippen LogP contribution in [0, 0.1) is 0 Å². The van der Waals surface area contributed by atoms with E-state index >= 15 is 0 Å². The number of likely N-dealkylation sites (N-methyl/N-ethyl adjacent to an activating group) is 1. The van der Waals surface area contributed by atoms with Gasteiger partial charge in [0.15, 0.2) is 0 Å². The Balaban J connectivity index is 2.60. The largest absolute Gasteiger partial charge is 0.376 e. The minimum atomic E-state index is -0.160. The highest BCUT2D eigenvalue weighted by molar-refractivity contribution is 4.81. The van der Waals surface area contributed by atoms with E-state index in [0.29, 0.717) is 6.61 Å². The molecule has 0 amide bonds. The molecule has 0 bridgehead atoms. The summed E-state index contributed by atoms with van der Waals surface area (Å²) in [5.74, 6) is 0. The molecule has 72 valence electrons. The second-order valence-electron chi connectivity index (χ2n) is 3.37. The van der Waals surface area contributed by atoms with Crippen LogP contribution in [0.3, 0.4) is 0 Å². The number of hydrogen-bond donors (Lipinski definition) is 0. The molecule has 1 fully saturated rings. The molecule has 0 aliphatic carbocycles. The van der Waals surface area contributed by atoms with E-state index in [-0.39, 0.29) is 5.72 Å². The molecule has 3 heteroatoms. The van der Waals surface area contributed by atoms with Gasteiger partial charge < -0.3 is 9.47 Å². The minimum Gasteiger partial charge on any atom is -0.376 e. The van der Waals surface area contributed by atoms with Gasteiger partial charge in [-0.3, -0.25) is 4.90 Å². The van der Waals surface area contributed by atoms with Crippen LogP contribution in [-0.2, 0) is 9.47 Å². The average molecular weight is 173 g/mol. The van der Waals surface area contributed by atoms with Crippen LogP contribution in [0.15, 0.2) is 0 Å². The first-order valence-electron chi connectivity index (χ1n) is 4.59. The zero-order chi connectivity index (χ0) is 9.03. The standard InChI is InChI=1S/C9H19NO2/c1-4-5-9(11-3)8-12-7-6-10(9)2/h4-8H2,1-3H3. The smallest absolute Gasteiger partial charge is 0.144 e. The Morgan fingerprint density at radius 3 is 2.83 bits per heavy atom. The molecule has 0 aromatic carbocycles. The molecule has 0 aromatic rings. The van der Waals surface area contributed by atoms with Crippen molar-refractivity contribution >= 4 is 0 Å². The third-order valence-corrected chi connectivity index (χ3v) is 2.61. The van der Waals surface area contributed by atoms with E-state index in [9.17, 15) is 0 Å². The van der Waals surface area contributed by atoms with E-state index in [1.807, 2.05) is 0 Å². The number of methoxy groups -OCH3 is 1. The molecule has 3 nitrogen and oxygen atoms in total. The zero-order valence-corrected chi connectivity index (χ0v) is 8.30. The van der Waals surface area contributed by atoms with Crippen LogP contribution in [0.5, 0.6) is 0 Å². The maximum absolute atomic E-state index is 5.53. The number of nitrogens with zero attached hydrogens (tertiary/aromatic N) is 1. The Hall–Kier alpha value is -0.120. The van der Waals surface area contributed by atoms with Crippen LogP contribution in [0.1, 0.15) is 19.8 Å². The normalized spacial score (nSPS) is 32.2. The van der Waals surface area contributed by atoms with Crippen molar-refractivity contribution in [3.63, 3.8) is 0 Å². The first-order chi connectivity index (χ1) is 5.75. The fraction of sp³-hybridized carbons (Fsp3) is 1.00. The summed E-state index contributed by atoms with van der Waals surface area (Å²) >= 11 is 0. The van der Waals surface area contributed by atoms with Gasteiger partial charge in [-0.15, -0.1) is 0 Å². The van der Waals surface area contributed by atoms with E-state index in [1.165, 1.54) is 0 Å². The summed E-state index contributed by atoms with van der Waals surface area (Å²) in [6.45, 7) is 4.66. The SMILES string of the molecule is CCCC1(OC)COCCN1C. The lowest BCUT2D eigenvalue weighted by molar-refractivity contribution is -0.201. The van der Waals surface area contributed by atoms with Gasteiger partial charge in [-0.05, 0) is 13.5 Å². The molecule has 1 aliphatic heterocycles. The van der Waals surface area contributed by atoms with E-state index in [0.717, 1.165) is 26.0 Å². The molecule has 1 aliphatic rings. The highest BCUT2D eigenvalue weighted by atomic mass is 16.6. The Bertz CT molecular complexity index is 136. The van der Waals surface area contributed by atoms with Crippen molar-refractivity contribution in [1.82, 2.24) is 4.90 Å². The molecule has 0 spiro atoms. The predicted molar refractivity (Wildman–Crippen MR) is 48.1 cm³/mol. The number of rotatable bonds is 3. The Morgan fingerprint density at radius 1 is 1.58 bits per heavy atom. The number of hydrogen-bond acceptors (Lipinski definition) is 3. The molecule has 0 aromatic heterocycles. The molecule has 0 radical (unpaired) electrons. The Kier molecular flexibility index (Phi) is 3.50. The highest BCUT2D eigenvalue weighted by Crippen LogP contribution is 2.24. The van der Waals surface area contributed by atoms with E-state index in [1.54, 1.807) is 7.11 Å². The number of morpholine rings is 1. The van der Waals surface area contributed by atoms with Crippen molar-refractivity contribution in [3.8, 4) is 0 Å². The molecular formula is C9H19NO2. The molecular weight excluding hydrogens is 154 g/mol. The third kappa shape index (κ3) is 1.79. The van der Waals surface area contributed by atoms with Crippen molar-refractivity contribution < 1.29 is 9.47 Å². The highest BCUT2D eigenvalue weighted by Gasteiger charge is 2.36. The zero-order valence-electron chi connectivity index (χ0n) is 8.30. The Labute approximate surface area is 74.6 Å². The predicted octanol–water partition coefficient (Wildman–Crippen LogP) is 1.09. The summed E-state index contributed by atoms with van der Waals surface area (Å²) in [5, 5.41) is 0. The van der Waals surface area contributed by atoms with Crippen LogP contribution in [0.2, 0.25) is 0 Å². The summed E-state index contributed by atoms with van der Waals surface area (Å²) in [4.78, 5) is 2.25. The lowest BCUT2D eigenvalue weighted by Gasteiger charge is -2.43. The van der Waals surface area contributed by atoms with Crippen molar-refractivity contribution in [2.24, 2.45) is 0 Å². The molecule has 0 saturated carbocycles. The quantitative estimate of drug-likeness (QED) is 0.637. The van der Waals surface area contributed by atoms with E-state index in [2.05, 4.69) is 18.9 Å². The van der Waals surface area contributed by atoms with Crippen molar-refractivity contribution in [2.45, 2.75) is 25.5 Å². The lowest BCUT2D eigenvalue weighted by Crippen LogP contribution is -2.56. The molecule has 1 unspecified atom stereocenters. The van der Waals surface area contributed by atoms with Crippen molar-refractivity contribution in [1.29, 1.82) is 0 Å². The van der Waals surface area contributed by atoms with Gasteiger partial charge in [-0.2, -0.15) is 0 Å². The molecule has 0 N–H and O–H groups in total. The van der Waals surface area contributed by atoms with Gasteiger partial charge in [0.1, 0.15) is 5.72 Å². The monoisotopic (exact) mass is 173 g/mol. The Morgan fingerprint density at radius 2 is 2.33 bits per heavy atom. The van der Waals surface area contributed by atoms with Crippen molar-refractivity contribution in [3.05, 3.63) is 0 Å². The van der Waals surface area contributed by atoms with Gasteiger partial charge in [-0.1, -0.05) is 13.3 Å². The molecule has 1 saturated heterocycles. The minimum absolute atomic E-state index is 0.160. The lowest BCUT2D eigenvalue weighted by atomic mass is 10.1. The summed E-state index contributed by atoms with van der Waals surface area (Å²) in [6, 6.07) is 0. The third-order valence-electron chi connectivity index (χ3n) is 2.61. The summed E-state index contributed by atoms with van der Waals surface area (Å²) in [7, 11) is 3.86. The second kappa shape index (κ2) is 4.21. The topological polar surface area (TPSA) is 21.7 Å². The van der Waals surface area contributed by atoms with Crippen molar-refractivity contribution in [2.75, 3.05) is 33.9 Å². The van der Waals surface area contributed by atoms with Gasteiger partial charge in [0.2, 0.25) is 0 Å². The van der Waals surface area contributed by atoms with E-state index in [4.69, 9.17) is 9.47 Å². The molecule has 1 heterocycles. The summed E-state index contributed by atoms with van der Waals surface area (Å²) < 4.78 is 11.0.